The Hall–Kier alpha value is -3.30. The molecule has 0 saturated heterocycles. The lowest BCUT2D eigenvalue weighted by Crippen LogP contribution is -2.22. The Balaban J connectivity index is 1.51. The zero-order chi connectivity index (χ0) is 22.0. The number of carbonyl (C=O) groups is 2. The Bertz CT molecular complexity index is 1260. The van der Waals surface area contributed by atoms with Crippen LogP contribution in [0.5, 0.6) is 0 Å². The van der Waals surface area contributed by atoms with Crippen molar-refractivity contribution in [2.24, 2.45) is 5.73 Å². The van der Waals surface area contributed by atoms with E-state index in [1.807, 2.05) is 6.07 Å². The van der Waals surface area contributed by atoms with Crippen LogP contribution in [-0.4, -0.2) is 27.0 Å². The van der Waals surface area contributed by atoms with Gasteiger partial charge in [-0.05, 0) is 55.0 Å². The average Bonchev–Trinajstić information content (AvgIpc) is 3.20. The van der Waals surface area contributed by atoms with E-state index in [1.165, 1.54) is 41.6 Å². The number of hydrogen-bond donors (Lipinski definition) is 2. The number of primary amides is 1. The summed E-state index contributed by atoms with van der Waals surface area (Å²) in [5.74, 6) is -1.01. The van der Waals surface area contributed by atoms with Gasteiger partial charge in [-0.15, -0.1) is 11.3 Å². The number of carbonyl (C=O) groups excluding carboxylic acids is 2. The summed E-state index contributed by atoms with van der Waals surface area (Å²) in [7, 11) is 0. The van der Waals surface area contributed by atoms with Crippen molar-refractivity contribution in [1.29, 1.82) is 0 Å². The molecule has 3 N–H and O–H groups in total. The summed E-state index contributed by atoms with van der Waals surface area (Å²) in [6.45, 7) is 1.79. The van der Waals surface area contributed by atoms with Gasteiger partial charge in [-0.3, -0.25) is 9.59 Å². The minimum absolute atomic E-state index is 0.195. The van der Waals surface area contributed by atoms with Gasteiger partial charge in [0.1, 0.15) is 17.2 Å². The van der Waals surface area contributed by atoms with E-state index >= 15 is 0 Å². The van der Waals surface area contributed by atoms with E-state index in [0.717, 1.165) is 20.7 Å². The Morgan fingerprint density at radius 2 is 1.81 bits per heavy atom. The van der Waals surface area contributed by atoms with Gasteiger partial charge in [0.05, 0.1) is 15.5 Å². The Morgan fingerprint density at radius 1 is 1.10 bits per heavy atom. The van der Waals surface area contributed by atoms with Crippen molar-refractivity contribution in [3.63, 3.8) is 0 Å². The number of halogens is 1. The first-order valence-electron chi connectivity index (χ1n) is 9.28. The maximum atomic E-state index is 13.2. The highest BCUT2D eigenvalue weighted by Crippen LogP contribution is 2.38. The first-order chi connectivity index (χ1) is 14.9. The molecule has 4 aromatic rings. The smallest absolute Gasteiger partial charge is 0.248 e. The van der Waals surface area contributed by atoms with Crippen LogP contribution >= 0.6 is 23.1 Å². The third-order valence-electron chi connectivity index (χ3n) is 4.50. The van der Waals surface area contributed by atoms with Crippen LogP contribution < -0.4 is 11.1 Å². The minimum Gasteiger partial charge on any atom is -0.366 e. The van der Waals surface area contributed by atoms with Gasteiger partial charge in [-0.2, -0.15) is 0 Å². The number of nitrogens with one attached hydrogen (secondary N) is 1. The number of fused-ring (bicyclic) bond motifs is 1. The average molecular weight is 453 g/mol. The van der Waals surface area contributed by atoms with Gasteiger partial charge in [-0.25, -0.2) is 14.4 Å². The molecule has 0 aliphatic heterocycles. The van der Waals surface area contributed by atoms with Crippen LogP contribution in [0.4, 0.5) is 10.1 Å². The van der Waals surface area contributed by atoms with Crippen LogP contribution in [0.3, 0.4) is 0 Å². The number of rotatable bonds is 6. The summed E-state index contributed by atoms with van der Waals surface area (Å²) < 4.78 is 14.1. The van der Waals surface area contributed by atoms with E-state index in [0.29, 0.717) is 16.3 Å². The van der Waals surface area contributed by atoms with E-state index in [2.05, 4.69) is 15.3 Å². The van der Waals surface area contributed by atoms with Gasteiger partial charge in [0, 0.05) is 16.1 Å². The predicted octanol–water partition coefficient (Wildman–Crippen LogP) is 4.72. The number of aromatic nitrogens is 2. The summed E-state index contributed by atoms with van der Waals surface area (Å²) in [6.07, 6.45) is 1.47. The fraction of sp³-hybridized carbons (Fsp3) is 0.0909. The molecule has 6 nitrogen and oxygen atoms in total. The lowest BCUT2D eigenvalue weighted by Gasteiger charge is -2.12. The van der Waals surface area contributed by atoms with Gasteiger partial charge < -0.3 is 11.1 Å². The van der Waals surface area contributed by atoms with Crippen molar-refractivity contribution in [2.45, 2.75) is 17.2 Å². The van der Waals surface area contributed by atoms with Crippen molar-refractivity contribution >= 4 is 50.8 Å². The molecule has 2 amide bonds. The quantitative estimate of drug-likeness (QED) is 0.326. The molecule has 31 heavy (non-hydrogen) atoms. The highest BCUT2D eigenvalue weighted by Gasteiger charge is 2.19. The SMILES string of the molecule is CC(Sc1ncnc2cc(-c3ccc(F)cc3)sc12)C(=O)Nc1ccc(C(N)=O)cc1. The van der Waals surface area contributed by atoms with Gasteiger partial charge in [0.2, 0.25) is 11.8 Å². The second-order valence-corrected chi connectivity index (χ2v) is 9.08. The lowest BCUT2D eigenvalue weighted by atomic mass is 10.2. The second-order valence-electron chi connectivity index (χ2n) is 6.70. The zero-order valence-corrected chi connectivity index (χ0v) is 18.0. The molecular weight excluding hydrogens is 435 g/mol. The Labute approximate surface area is 185 Å². The summed E-state index contributed by atoms with van der Waals surface area (Å²) in [5.41, 5.74) is 7.85. The van der Waals surface area contributed by atoms with Crippen LogP contribution in [0.2, 0.25) is 0 Å². The minimum atomic E-state index is -0.523. The molecule has 0 aliphatic rings. The highest BCUT2D eigenvalue weighted by atomic mass is 32.2. The van der Waals surface area contributed by atoms with E-state index < -0.39 is 11.2 Å². The normalized spacial score (nSPS) is 11.9. The molecule has 0 spiro atoms. The first kappa shape index (κ1) is 21.0. The van der Waals surface area contributed by atoms with Crippen molar-refractivity contribution < 1.29 is 14.0 Å². The number of thiophene rings is 1. The standard InChI is InChI=1S/C22H17FN4O2S2/c1-12(21(29)27-16-8-4-14(5-9-16)20(24)28)30-22-19-17(25-11-26-22)10-18(31-19)13-2-6-15(23)7-3-13/h2-12H,1H3,(H2,24,28)(H,27,29). The van der Waals surface area contributed by atoms with Crippen LogP contribution in [0.25, 0.3) is 20.7 Å². The summed E-state index contributed by atoms with van der Waals surface area (Å²) in [6, 6.07) is 14.6. The molecule has 0 aliphatic carbocycles. The summed E-state index contributed by atoms with van der Waals surface area (Å²) in [4.78, 5) is 33.4. The van der Waals surface area contributed by atoms with Crippen molar-refractivity contribution in [3.05, 3.63) is 72.3 Å². The number of nitrogens with zero attached hydrogens (tertiary/aromatic N) is 2. The highest BCUT2D eigenvalue weighted by molar-refractivity contribution is 8.00. The van der Waals surface area contributed by atoms with Crippen LogP contribution in [0, 0.1) is 5.82 Å². The molecule has 4 rings (SSSR count). The molecule has 0 saturated carbocycles. The summed E-state index contributed by atoms with van der Waals surface area (Å²) in [5, 5.41) is 3.10. The molecule has 1 unspecified atom stereocenters. The molecule has 1 atom stereocenters. The molecule has 156 valence electrons. The maximum absolute atomic E-state index is 13.2. The number of hydrogen-bond acceptors (Lipinski definition) is 6. The number of amides is 2. The van der Waals surface area contributed by atoms with Crippen molar-refractivity contribution in [1.82, 2.24) is 9.97 Å². The molecular formula is C22H17FN4O2S2. The van der Waals surface area contributed by atoms with E-state index in [9.17, 15) is 14.0 Å². The number of anilines is 1. The Kier molecular flexibility index (Phi) is 5.97. The van der Waals surface area contributed by atoms with Crippen LogP contribution in [0.1, 0.15) is 17.3 Å². The fourth-order valence-electron chi connectivity index (χ4n) is 2.86. The number of thioether (sulfide) groups is 1. The van der Waals surface area contributed by atoms with Crippen LogP contribution in [-0.2, 0) is 4.79 Å². The molecule has 2 aromatic carbocycles. The third-order valence-corrected chi connectivity index (χ3v) is 6.91. The fourth-order valence-corrected chi connectivity index (χ4v) is 4.95. The molecule has 9 heteroatoms. The third kappa shape index (κ3) is 4.73. The van der Waals surface area contributed by atoms with Crippen LogP contribution in [0.15, 0.2) is 66.0 Å². The maximum Gasteiger partial charge on any atom is 0.248 e. The zero-order valence-electron chi connectivity index (χ0n) is 16.3. The number of nitrogens with two attached hydrogens (primary N) is 1. The monoisotopic (exact) mass is 452 g/mol. The molecule has 0 fully saturated rings. The molecule has 0 bridgehead atoms. The largest absolute Gasteiger partial charge is 0.366 e. The van der Waals surface area contributed by atoms with Gasteiger partial charge in [-0.1, -0.05) is 23.9 Å². The second kappa shape index (κ2) is 8.83. The van der Waals surface area contributed by atoms with E-state index in [1.54, 1.807) is 43.3 Å². The van der Waals surface area contributed by atoms with E-state index in [-0.39, 0.29) is 11.7 Å². The Morgan fingerprint density at radius 3 is 2.48 bits per heavy atom. The number of benzene rings is 2. The molecule has 2 heterocycles. The van der Waals surface area contributed by atoms with Gasteiger partial charge in [0.25, 0.3) is 0 Å². The van der Waals surface area contributed by atoms with Crippen molar-refractivity contribution in [3.8, 4) is 10.4 Å². The summed E-state index contributed by atoms with van der Waals surface area (Å²) >= 11 is 2.83. The lowest BCUT2D eigenvalue weighted by molar-refractivity contribution is -0.115. The predicted molar refractivity (Wildman–Crippen MR) is 122 cm³/mol. The van der Waals surface area contributed by atoms with Gasteiger partial charge in [0.15, 0.2) is 0 Å². The molecule has 0 radical (unpaired) electrons. The van der Waals surface area contributed by atoms with Crippen molar-refractivity contribution in [2.75, 3.05) is 5.32 Å². The van der Waals surface area contributed by atoms with Gasteiger partial charge >= 0.3 is 0 Å². The van der Waals surface area contributed by atoms with E-state index in [4.69, 9.17) is 5.73 Å². The topological polar surface area (TPSA) is 98.0 Å². The first-order valence-corrected chi connectivity index (χ1v) is 11.0. The molecule has 2 aromatic heterocycles.